The smallest absolute Gasteiger partial charge is 0.416 e. The van der Waals surface area contributed by atoms with E-state index in [1.165, 1.54) is 32.4 Å². The Bertz CT molecular complexity index is 2580. The second kappa shape index (κ2) is 26.8. The molecule has 7 N–H and O–H groups in total. The molecule has 2 aromatic heterocycles. The van der Waals surface area contributed by atoms with Crippen LogP contribution in [0.2, 0.25) is 15.2 Å². The number of carbonyl (C=O) groups is 5. The molecule has 0 aliphatic heterocycles. The fourth-order valence-electron chi connectivity index (χ4n) is 4.12. The van der Waals surface area contributed by atoms with Crippen molar-refractivity contribution in [2.75, 3.05) is 51.1 Å². The van der Waals surface area contributed by atoms with Gasteiger partial charge in [0.1, 0.15) is 24.7 Å². The van der Waals surface area contributed by atoms with Crippen molar-refractivity contribution in [3.05, 3.63) is 74.4 Å². The van der Waals surface area contributed by atoms with Crippen LogP contribution in [0, 0.1) is 0 Å². The topological polar surface area (TPSA) is 357 Å². The first-order chi connectivity index (χ1) is 31.2. The Morgan fingerprint density at radius 3 is 1.96 bits per heavy atom. The molecular formula is C35H40Cl3F3N7O17PS2. The lowest BCUT2D eigenvalue weighted by Crippen LogP contribution is -2.36. The number of halogens is 6. The van der Waals surface area contributed by atoms with Gasteiger partial charge in [-0.3, -0.25) is 20.1 Å². The van der Waals surface area contributed by atoms with Crippen LogP contribution in [0.1, 0.15) is 33.2 Å². The minimum absolute atomic E-state index is 0.0246. The Balaban J connectivity index is 0.000000533. The van der Waals surface area contributed by atoms with Gasteiger partial charge in [-0.15, -0.1) is 0 Å². The molecule has 0 bridgehead atoms. The number of hydrogen-bond acceptors (Lipinski definition) is 17. The third-order valence-corrected chi connectivity index (χ3v) is 9.78. The molecule has 33 heteroatoms. The van der Waals surface area contributed by atoms with Gasteiger partial charge in [-0.25, -0.2) is 23.9 Å². The molecule has 0 saturated heterocycles. The summed E-state index contributed by atoms with van der Waals surface area (Å²) in [7, 11) is -4.57. The van der Waals surface area contributed by atoms with Crippen LogP contribution in [-0.4, -0.2) is 130 Å². The third-order valence-electron chi connectivity index (χ3n) is 6.83. The number of aromatic carboxylic acids is 1. The number of aromatic nitrogens is 4. The molecule has 68 heavy (non-hydrogen) atoms. The van der Waals surface area contributed by atoms with Crippen LogP contribution in [0.15, 0.2) is 47.5 Å². The van der Waals surface area contributed by atoms with E-state index in [1.807, 2.05) is 5.32 Å². The fraction of sp³-hybridized carbons (Fsp3) is 0.314. The van der Waals surface area contributed by atoms with E-state index < -0.39 is 93.9 Å². The summed E-state index contributed by atoms with van der Waals surface area (Å²) in [6, 6.07) is 6.40. The number of ether oxygens (including phenoxy) is 4. The van der Waals surface area contributed by atoms with Gasteiger partial charge in [-0.05, 0) is 54.2 Å². The zero-order valence-electron chi connectivity index (χ0n) is 35.9. The first kappa shape index (κ1) is 60.4. The van der Waals surface area contributed by atoms with Gasteiger partial charge in [0.05, 0.1) is 73.1 Å². The molecule has 0 fully saturated rings. The van der Waals surface area contributed by atoms with Gasteiger partial charge in [0.15, 0.2) is 16.3 Å². The Kier molecular flexibility index (Phi) is 23.8. The fourth-order valence-corrected chi connectivity index (χ4v) is 6.50. The van der Waals surface area contributed by atoms with Crippen molar-refractivity contribution in [3.63, 3.8) is 0 Å². The lowest BCUT2D eigenvalue weighted by Gasteiger charge is -2.14. The van der Waals surface area contributed by atoms with Crippen molar-refractivity contribution in [3.8, 4) is 23.3 Å². The molecule has 0 aliphatic carbocycles. The number of carboxylic acid groups (broad SMARTS) is 3. The molecule has 376 valence electrons. The Morgan fingerprint density at radius 2 is 1.50 bits per heavy atom. The molecule has 0 aliphatic rings. The second-order valence-electron chi connectivity index (χ2n) is 12.8. The predicted octanol–water partition coefficient (Wildman–Crippen LogP) is 4.18. The summed E-state index contributed by atoms with van der Waals surface area (Å²) < 4.78 is 95.0. The molecule has 0 radical (unpaired) electrons. The van der Waals surface area contributed by atoms with Crippen molar-refractivity contribution in [2.45, 2.75) is 24.2 Å². The number of amides is 2. The number of urea groups is 1. The highest BCUT2D eigenvalue weighted by Crippen LogP contribution is 2.37. The first-order valence-electron chi connectivity index (χ1n) is 17.7. The number of sulfonamides is 1. The summed E-state index contributed by atoms with van der Waals surface area (Å²) in [6.45, 7) is 0.684. The Morgan fingerprint density at radius 1 is 0.941 bits per heavy atom. The van der Waals surface area contributed by atoms with Crippen LogP contribution in [0.3, 0.4) is 0 Å². The number of methoxy groups -OCH3 is 2. The molecule has 2 atom stereocenters. The van der Waals surface area contributed by atoms with E-state index in [0.717, 1.165) is 32.2 Å². The number of anilines is 1. The van der Waals surface area contributed by atoms with E-state index in [9.17, 15) is 55.0 Å². The molecule has 1 unspecified atom stereocenters. The molecule has 2 amide bonds. The van der Waals surface area contributed by atoms with Gasteiger partial charge in [-0.1, -0.05) is 34.8 Å². The minimum Gasteiger partial charge on any atom is -0.778 e. The van der Waals surface area contributed by atoms with E-state index in [-0.39, 0.29) is 44.8 Å². The van der Waals surface area contributed by atoms with Crippen LogP contribution in [0.4, 0.5) is 23.9 Å². The molecule has 24 nitrogen and oxygen atoms in total. The van der Waals surface area contributed by atoms with Crippen molar-refractivity contribution in [1.82, 2.24) is 29.8 Å². The van der Waals surface area contributed by atoms with E-state index in [2.05, 4.69) is 39.2 Å². The third kappa shape index (κ3) is 21.1. The first-order valence-corrected chi connectivity index (χ1v) is 24.5. The average molecular weight is 1090 g/mol. The number of rotatable bonds is 15. The van der Waals surface area contributed by atoms with E-state index in [4.69, 9.17) is 74.0 Å². The van der Waals surface area contributed by atoms with Gasteiger partial charge >= 0.3 is 36.1 Å². The molecule has 4 rings (SSSR count). The average Bonchev–Trinajstić information content (AvgIpc) is 3.52. The number of carboxylic acids is 3. The number of aryl methyl sites for hydroxylation is 1. The number of carbonyl (C=O) groups excluding carboxylic acids is 2. The summed E-state index contributed by atoms with van der Waals surface area (Å²) in [5, 5.41) is 31.8. The van der Waals surface area contributed by atoms with Crippen molar-refractivity contribution < 1.29 is 94.2 Å². The van der Waals surface area contributed by atoms with Crippen LogP contribution in [-0.2, 0) is 53.0 Å². The number of aliphatic carboxylic acids is 2. The van der Waals surface area contributed by atoms with Gasteiger partial charge in [0, 0.05) is 7.05 Å². The van der Waals surface area contributed by atoms with Gasteiger partial charge in [-0.2, -0.15) is 36.7 Å². The van der Waals surface area contributed by atoms with Crippen molar-refractivity contribution in [1.29, 1.82) is 0 Å². The lowest BCUT2D eigenvalue weighted by atomic mass is 10.2. The summed E-state index contributed by atoms with van der Waals surface area (Å²) in [4.78, 5) is 81.4. The quantitative estimate of drug-likeness (QED) is 0.0498. The predicted molar refractivity (Wildman–Crippen MR) is 236 cm³/mol. The SMILES string of the molecule is COc1cc(OC)nc(NC(=O)NS(=O)(=O)c2c(C(=O)O)c(Cl)nn2C)n1.C[C@H](OC(=O)c1cc(Oc2ccc(C(F)(F)F)cc2Cl)ccc1Cl)C(=O)O.C[S+](C)C.O=C(O)CNCP(=O)([O-])O. The van der Waals surface area contributed by atoms with Gasteiger partial charge < -0.3 is 48.6 Å². The Hall–Kier alpha value is -5.65. The van der Waals surface area contributed by atoms with Crippen molar-refractivity contribution >= 4 is 99.2 Å². The highest BCUT2D eigenvalue weighted by Gasteiger charge is 2.33. The minimum atomic E-state index is -4.64. The zero-order chi connectivity index (χ0) is 52.5. The number of nitrogens with zero attached hydrogens (tertiary/aromatic N) is 4. The maximum atomic E-state index is 12.7. The molecular weight excluding hydrogens is 1050 g/mol. The van der Waals surface area contributed by atoms with Crippen LogP contribution < -0.4 is 34.5 Å². The van der Waals surface area contributed by atoms with E-state index in [1.54, 1.807) is 4.72 Å². The highest BCUT2D eigenvalue weighted by atomic mass is 35.5. The number of nitrogens with one attached hydrogen (secondary N) is 3. The van der Waals surface area contributed by atoms with Crippen LogP contribution in [0.5, 0.6) is 23.3 Å². The number of esters is 1. The van der Waals surface area contributed by atoms with E-state index in [0.29, 0.717) is 21.6 Å². The van der Waals surface area contributed by atoms with Crippen molar-refractivity contribution in [2.24, 2.45) is 7.05 Å². The summed E-state index contributed by atoms with van der Waals surface area (Å²) in [6.07, 6.45) is -0.0815. The summed E-state index contributed by atoms with van der Waals surface area (Å²) in [5.41, 5.74) is -1.90. The largest absolute Gasteiger partial charge is 0.778 e. The van der Waals surface area contributed by atoms with Gasteiger partial charge in [0.2, 0.25) is 17.7 Å². The molecule has 2 aromatic carbocycles. The molecule has 2 heterocycles. The monoisotopic (exact) mass is 1090 g/mol. The second-order valence-corrected chi connectivity index (χ2v) is 19.7. The van der Waals surface area contributed by atoms with Crippen LogP contribution >= 0.6 is 42.4 Å². The number of hydrogen-bond donors (Lipinski definition) is 7. The molecule has 0 spiro atoms. The summed E-state index contributed by atoms with van der Waals surface area (Å²) >= 11 is 17.4. The standard InChI is InChI=1S/C17H11Cl2F3O5.C12H13ClN6O7S.C3H8NO5P.C3H9S/c1-8(15(23)24)26-16(25)11-7-10(3-4-12(11)18)27-14-5-2-9(6-13(14)19)17(20,21)22;1-19-9(7(10(20)21)8(13)17-19)27(23,24)18-12(22)16-11-14-5(25-2)4-6(15-11)26-3;5-3(6)1-4-2-10(7,8)9;1-4(2)3/h2-8H,1H3,(H,23,24);4H,1-3H3,(H,20,21)(H2,14,15,16,18,22);4H,1-2H2,(H,5,6)(H2,7,8,9);1-3H3/q;;;+1/p-1/t8-;;;/m0.../s1. The Labute approximate surface area is 401 Å². The summed E-state index contributed by atoms with van der Waals surface area (Å²) in [5.74, 6) is -5.41. The van der Waals surface area contributed by atoms with E-state index >= 15 is 0 Å². The van der Waals surface area contributed by atoms with Crippen LogP contribution in [0.25, 0.3) is 0 Å². The normalized spacial score (nSPS) is 12.2. The highest BCUT2D eigenvalue weighted by molar-refractivity contribution is 7.94. The molecule has 0 saturated carbocycles. The van der Waals surface area contributed by atoms with Gasteiger partial charge in [0.25, 0.3) is 10.0 Å². The lowest BCUT2D eigenvalue weighted by molar-refractivity contribution is -0.193. The number of alkyl halides is 3. The maximum Gasteiger partial charge on any atom is 0.416 e. The molecule has 4 aromatic rings. The zero-order valence-corrected chi connectivity index (χ0v) is 40.7. The number of benzene rings is 2. The maximum absolute atomic E-state index is 12.7.